The van der Waals surface area contributed by atoms with Crippen LogP contribution in [0.2, 0.25) is 0 Å². The van der Waals surface area contributed by atoms with E-state index in [9.17, 15) is 14.0 Å². The van der Waals surface area contributed by atoms with E-state index in [2.05, 4.69) is 22.9 Å². The van der Waals surface area contributed by atoms with Crippen LogP contribution in [0.3, 0.4) is 0 Å². The Morgan fingerprint density at radius 2 is 2.17 bits per heavy atom. The molecule has 2 unspecified atom stereocenters. The highest BCUT2D eigenvalue weighted by molar-refractivity contribution is 5.98. The summed E-state index contributed by atoms with van der Waals surface area (Å²) in [6.45, 7) is 4.75. The number of benzene rings is 1. The van der Waals surface area contributed by atoms with Gasteiger partial charge >= 0.3 is 6.03 Å². The lowest BCUT2D eigenvalue weighted by molar-refractivity contribution is 0.0911. The molecule has 0 aliphatic carbocycles. The predicted molar refractivity (Wildman–Crippen MR) is 92.3 cm³/mol. The van der Waals surface area contributed by atoms with Crippen molar-refractivity contribution in [2.75, 3.05) is 31.1 Å². The van der Waals surface area contributed by atoms with Crippen molar-refractivity contribution >= 4 is 30.0 Å². The van der Waals surface area contributed by atoms with Crippen LogP contribution in [0, 0.1) is 11.7 Å². The number of hydrogen-bond donors (Lipinski definition) is 3. The third kappa shape index (κ3) is 3.79. The Balaban J connectivity index is 0.00000208. The van der Waals surface area contributed by atoms with Gasteiger partial charge in [0.15, 0.2) is 0 Å². The van der Waals surface area contributed by atoms with Crippen LogP contribution in [0.4, 0.5) is 14.9 Å². The molecule has 2 saturated heterocycles. The van der Waals surface area contributed by atoms with E-state index in [4.69, 9.17) is 0 Å². The molecule has 1 aromatic rings. The maximum absolute atomic E-state index is 14.1. The summed E-state index contributed by atoms with van der Waals surface area (Å²) < 4.78 is 14.1. The first kappa shape index (κ1) is 18.5. The van der Waals surface area contributed by atoms with Crippen LogP contribution in [-0.4, -0.2) is 44.2 Å². The molecule has 0 bridgehead atoms. The Morgan fingerprint density at radius 3 is 2.83 bits per heavy atom. The molecule has 3 rings (SSSR count). The highest BCUT2D eigenvalue weighted by Crippen LogP contribution is 2.21. The van der Waals surface area contributed by atoms with Gasteiger partial charge in [-0.25, -0.2) is 9.18 Å². The Bertz CT molecular complexity index is 628. The fourth-order valence-corrected chi connectivity index (χ4v) is 3.00. The minimum absolute atomic E-state index is 0. The Morgan fingerprint density at radius 1 is 1.38 bits per heavy atom. The fraction of sp³-hybridized carbons (Fsp3) is 0.500. The molecule has 0 spiro atoms. The number of rotatable bonds is 3. The predicted octanol–water partition coefficient (Wildman–Crippen LogP) is 1.50. The number of carbonyl (C=O) groups excluding carboxylic acids is 2. The monoisotopic (exact) mass is 356 g/mol. The third-order valence-electron chi connectivity index (χ3n) is 4.51. The number of carbonyl (C=O) groups is 2. The van der Waals surface area contributed by atoms with Gasteiger partial charge in [-0.3, -0.25) is 9.69 Å². The molecule has 2 aliphatic rings. The molecule has 0 saturated carbocycles. The molecule has 2 atom stereocenters. The molecule has 24 heavy (non-hydrogen) atoms. The number of hydrogen-bond acceptors (Lipinski definition) is 3. The summed E-state index contributed by atoms with van der Waals surface area (Å²) in [4.78, 5) is 25.6. The van der Waals surface area contributed by atoms with E-state index < -0.39 is 11.7 Å². The van der Waals surface area contributed by atoms with Crippen LogP contribution in [0.25, 0.3) is 0 Å². The third-order valence-corrected chi connectivity index (χ3v) is 4.51. The normalized spacial score (nSPS) is 23.4. The first-order chi connectivity index (χ1) is 11.1. The minimum Gasteiger partial charge on any atom is -0.348 e. The average molecular weight is 357 g/mol. The second-order valence-electron chi connectivity index (χ2n) is 6.10. The van der Waals surface area contributed by atoms with E-state index >= 15 is 0 Å². The number of anilines is 1. The van der Waals surface area contributed by atoms with E-state index in [1.54, 1.807) is 0 Å². The van der Waals surface area contributed by atoms with Crippen LogP contribution in [-0.2, 0) is 0 Å². The molecular weight excluding hydrogens is 335 g/mol. The minimum atomic E-state index is -0.581. The van der Waals surface area contributed by atoms with Crippen LogP contribution >= 0.6 is 12.4 Å². The maximum Gasteiger partial charge on any atom is 0.321 e. The lowest BCUT2D eigenvalue weighted by atomic mass is 9.94. The van der Waals surface area contributed by atoms with Gasteiger partial charge in [-0.15, -0.1) is 12.4 Å². The van der Waals surface area contributed by atoms with E-state index in [0.717, 1.165) is 13.0 Å². The fourth-order valence-electron chi connectivity index (χ4n) is 3.00. The van der Waals surface area contributed by atoms with Crippen molar-refractivity contribution in [1.82, 2.24) is 16.0 Å². The van der Waals surface area contributed by atoms with E-state index in [-0.39, 0.29) is 30.0 Å². The lowest BCUT2D eigenvalue weighted by Gasteiger charge is -2.30. The van der Waals surface area contributed by atoms with Crippen molar-refractivity contribution < 1.29 is 14.0 Å². The molecule has 6 nitrogen and oxygen atoms in total. The largest absolute Gasteiger partial charge is 0.348 e. The van der Waals surface area contributed by atoms with Crippen molar-refractivity contribution in [1.29, 1.82) is 0 Å². The highest BCUT2D eigenvalue weighted by atomic mass is 35.5. The number of amides is 3. The molecule has 0 aromatic heterocycles. The Hall–Kier alpha value is -1.86. The standard InChI is InChI=1S/C16H21FN4O2.ClH/c1-10-4-5-18-9-14(10)20-15(22)12-8-11(2-3-13(12)17)21-7-6-19-16(21)23;/h2-3,8,10,14,18H,4-7,9H2,1H3,(H,19,23)(H,20,22);1H. The maximum atomic E-state index is 14.1. The molecule has 2 aliphatic heterocycles. The quantitative estimate of drug-likeness (QED) is 0.768. The zero-order valence-corrected chi connectivity index (χ0v) is 14.3. The van der Waals surface area contributed by atoms with Gasteiger partial charge in [-0.2, -0.15) is 0 Å². The van der Waals surface area contributed by atoms with Crippen molar-refractivity contribution in [3.63, 3.8) is 0 Å². The molecule has 3 N–H and O–H groups in total. The van der Waals surface area contributed by atoms with Crippen molar-refractivity contribution in [2.24, 2.45) is 5.92 Å². The zero-order valence-electron chi connectivity index (χ0n) is 13.5. The number of nitrogens with zero attached hydrogens (tertiary/aromatic N) is 1. The van der Waals surface area contributed by atoms with Crippen molar-refractivity contribution in [3.05, 3.63) is 29.6 Å². The summed E-state index contributed by atoms with van der Waals surface area (Å²) in [6, 6.07) is 3.94. The van der Waals surface area contributed by atoms with Gasteiger partial charge in [0.2, 0.25) is 0 Å². The Labute approximate surface area is 146 Å². The van der Waals surface area contributed by atoms with E-state index in [0.29, 0.717) is 31.2 Å². The smallest absolute Gasteiger partial charge is 0.321 e. The van der Waals surface area contributed by atoms with E-state index in [1.165, 1.54) is 23.1 Å². The van der Waals surface area contributed by atoms with Crippen molar-refractivity contribution in [2.45, 2.75) is 19.4 Å². The highest BCUT2D eigenvalue weighted by Gasteiger charge is 2.26. The number of urea groups is 1. The first-order valence-electron chi connectivity index (χ1n) is 7.93. The van der Waals surface area contributed by atoms with Gasteiger partial charge in [-0.05, 0) is 37.1 Å². The number of halogens is 2. The molecule has 2 heterocycles. The topological polar surface area (TPSA) is 73.5 Å². The molecular formula is C16H22ClFN4O2. The van der Waals surface area contributed by atoms with Crippen LogP contribution in [0.15, 0.2) is 18.2 Å². The molecule has 2 fully saturated rings. The number of nitrogens with one attached hydrogen (secondary N) is 3. The van der Waals surface area contributed by atoms with Gasteiger partial charge in [0.05, 0.1) is 5.56 Å². The van der Waals surface area contributed by atoms with Gasteiger partial charge in [0.25, 0.3) is 5.91 Å². The summed E-state index contributed by atoms with van der Waals surface area (Å²) >= 11 is 0. The Kier molecular flexibility index (Phi) is 6.01. The molecule has 0 radical (unpaired) electrons. The molecule has 132 valence electrons. The first-order valence-corrected chi connectivity index (χ1v) is 7.93. The molecule has 8 heteroatoms. The van der Waals surface area contributed by atoms with Gasteiger partial charge in [0, 0.05) is 31.4 Å². The van der Waals surface area contributed by atoms with Crippen LogP contribution < -0.4 is 20.9 Å². The summed E-state index contributed by atoms with van der Waals surface area (Å²) in [5.74, 6) is -0.678. The van der Waals surface area contributed by atoms with Gasteiger partial charge < -0.3 is 16.0 Å². The second kappa shape index (κ2) is 7.81. The summed E-state index contributed by atoms with van der Waals surface area (Å²) in [6.07, 6.45) is 0.974. The number of piperidine rings is 1. The SMILES string of the molecule is CC1CCNCC1NC(=O)c1cc(N2CCNC2=O)ccc1F.Cl. The summed E-state index contributed by atoms with van der Waals surface area (Å²) in [5, 5.41) is 8.81. The lowest BCUT2D eigenvalue weighted by Crippen LogP contribution is -2.50. The summed E-state index contributed by atoms with van der Waals surface area (Å²) in [5.41, 5.74) is 0.501. The molecule has 3 amide bonds. The van der Waals surface area contributed by atoms with Crippen molar-refractivity contribution in [3.8, 4) is 0 Å². The van der Waals surface area contributed by atoms with Crippen LogP contribution in [0.1, 0.15) is 23.7 Å². The molecule has 1 aromatic carbocycles. The summed E-state index contributed by atoms with van der Waals surface area (Å²) in [7, 11) is 0. The van der Waals surface area contributed by atoms with Gasteiger partial charge in [0.1, 0.15) is 5.82 Å². The average Bonchev–Trinajstić information content (AvgIpc) is 2.96. The van der Waals surface area contributed by atoms with Gasteiger partial charge in [-0.1, -0.05) is 6.92 Å². The van der Waals surface area contributed by atoms with E-state index in [1.807, 2.05) is 0 Å². The van der Waals surface area contributed by atoms with Crippen LogP contribution in [0.5, 0.6) is 0 Å². The second-order valence-corrected chi connectivity index (χ2v) is 6.10. The zero-order chi connectivity index (χ0) is 16.4.